The number of hydrogen-bond acceptors (Lipinski definition) is 4. The summed E-state index contributed by atoms with van der Waals surface area (Å²) < 4.78 is 12.6. The Labute approximate surface area is 164 Å². The van der Waals surface area contributed by atoms with Crippen molar-refractivity contribution in [3.63, 3.8) is 0 Å². The zero-order valence-corrected chi connectivity index (χ0v) is 16.7. The van der Waals surface area contributed by atoms with Crippen molar-refractivity contribution in [3.8, 4) is 11.5 Å². The minimum atomic E-state index is -0.135. The maximum Gasteiger partial charge on any atom is 0.241 e. The van der Waals surface area contributed by atoms with Gasteiger partial charge in [-0.2, -0.15) is 5.10 Å². The highest BCUT2D eigenvalue weighted by Crippen LogP contribution is 2.27. The number of nitrogens with zero attached hydrogens (tertiary/aromatic N) is 2. The molecule has 1 N–H and O–H groups in total. The third-order valence-corrected chi connectivity index (χ3v) is 4.69. The number of aryl methyl sites for hydroxylation is 3. The van der Waals surface area contributed by atoms with E-state index in [1.54, 1.807) is 32.6 Å². The van der Waals surface area contributed by atoms with Crippen LogP contribution in [0.15, 0.2) is 47.7 Å². The number of rotatable bonds is 7. The van der Waals surface area contributed by atoms with Crippen molar-refractivity contribution in [1.29, 1.82) is 0 Å². The average molecular weight is 379 g/mol. The lowest BCUT2D eigenvalue weighted by Crippen LogP contribution is -2.19. The largest absolute Gasteiger partial charge is 0.493 e. The predicted molar refractivity (Wildman–Crippen MR) is 111 cm³/mol. The third kappa shape index (κ3) is 4.17. The van der Waals surface area contributed by atoms with Crippen molar-refractivity contribution in [2.75, 3.05) is 14.2 Å². The maximum atomic E-state index is 12.2. The Morgan fingerprint density at radius 1 is 1.11 bits per heavy atom. The third-order valence-electron chi connectivity index (χ3n) is 4.69. The summed E-state index contributed by atoms with van der Waals surface area (Å²) in [4.78, 5) is 12.2. The van der Waals surface area contributed by atoms with E-state index in [0.717, 1.165) is 11.1 Å². The molecule has 0 unspecified atom stereocenters. The lowest BCUT2D eigenvalue weighted by Gasteiger charge is -2.07. The second-order valence-electron chi connectivity index (χ2n) is 6.63. The fourth-order valence-electron chi connectivity index (χ4n) is 3.35. The van der Waals surface area contributed by atoms with Crippen molar-refractivity contribution in [3.05, 3.63) is 59.3 Å². The zero-order chi connectivity index (χ0) is 20.1. The number of amides is 1. The van der Waals surface area contributed by atoms with E-state index >= 15 is 0 Å². The van der Waals surface area contributed by atoms with Crippen molar-refractivity contribution < 1.29 is 14.3 Å². The van der Waals surface area contributed by atoms with E-state index in [4.69, 9.17) is 9.47 Å². The fourth-order valence-corrected chi connectivity index (χ4v) is 3.35. The molecule has 6 heteroatoms. The molecular formula is C22H25N3O3. The first-order chi connectivity index (χ1) is 13.5. The molecule has 0 atom stereocenters. The molecule has 146 valence electrons. The van der Waals surface area contributed by atoms with Gasteiger partial charge in [-0.05, 0) is 54.8 Å². The van der Waals surface area contributed by atoms with E-state index in [1.165, 1.54) is 16.5 Å². The summed E-state index contributed by atoms with van der Waals surface area (Å²) in [6, 6.07) is 11.7. The number of carbonyl (C=O) groups excluding carboxylic acids is 1. The van der Waals surface area contributed by atoms with E-state index in [1.807, 2.05) is 12.1 Å². The molecule has 0 saturated heterocycles. The second-order valence-corrected chi connectivity index (χ2v) is 6.63. The Hall–Kier alpha value is -3.28. The summed E-state index contributed by atoms with van der Waals surface area (Å²) in [5, 5.41) is 5.29. The highest BCUT2D eigenvalue weighted by atomic mass is 16.5. The minimum Gasteiger partial charge on any atom is -0.493 e. The number of hydrazone groups is 1. The molecular weight excluding hydrogens is 354 g/mol. The number of methoxy groups -OCH3 is 2. The van der Waals surface area contributed by atoms with Crippen LogP contribution in [0, 0.1) is 13.8 Å². The molecule has 6 nitrogen and oxygen atoms in total. The van der Waals surface area contributed by atoms with E-state index in [0.29, 0.717) is 24.5 Å². The fraction of sp³-hybridized carbons (Fsp3) is 0.273. The highest BCUT2D eigenvalue weighted by Gasteiger charge is 2.09. The van der Waals surface area contributed by atoms with Crippen LogP contribution in [-0.4, -0.2) is 30.9 Å². The van der Waals surface area contributed by atoms with Gasteiger partial charge in [0.25, 0.3) is 0 Å². The molecule has 0 aliphatic carbocycles. The van der Waals surface area contributed by atoms with Crippen LogP contribution in [-0.2, 0) is 11.3 Å². The first-order valence-corrected chi connectivity index (χ1v) is 9.12. The Bertz CT molecular complexity index is 1020. The molecule has 0 fully saturated rings. The molecule has 0 aliphatic rings. The molecule has 2 aromatic carbocycles. The van der Waals surface area contributed by atoms with Crippen LogP contribution in [0.3, 0.4) is 0 Å². The number of nitrogens with one attached hydrogen (secondary N) is 1. The Morgan fingerprint density at radius 2 is 1.89 bits per heavy atom. The molecule has 0 radical (unpaired) electrons. The molecule has 1 heterocycles. The standard InChI is InChI=1S/C22H25N3O3/c1-15-6-5-7-18-22(15)16(2)14-25(18)11-10-21(26)24-23-13-17-8-9-19(27-3)20(12-17)28-4/h5-9,12-14H,10-11H2,1-4H3,(H,24,26). The molecule has 0 bridgehead atoms. The lowest BCUT2D eigenvalue weighted by molar-refractivity contribution is -0.121. The predicted octanol–water partition coefficient (Wildman–Crippen LogP) is 3.82. The minimum absolute atomic E-state index is 0.135. The molecule has 1 aromatic heterocycles. The number of carbonyl (C=O) groups is 1. The molecule has 3 rings (SSSR count). The molecule has 0 saturated carbocycles. The number of fused-ring (bicyclic) bond motifs is 1. The normalized spacial score (nSPS) is 11.1. The van der Waals surface area contributed by atoms with Crippen molar-refractivity contribution in [1.82, 2.24) is 9.99 Å². The van der Waals surface area contributed by atoms with Crippen molar-refractivity contribution in [2.45, 2.75) is 26.8 Å². The summed E-state index contributed by atoms with van der Waals surface area (Å²) >= 11 is 0. The van der Waals surface area contributed by atoms with Gasteiger partial charge in [0, 0.05) is 30.1 Å². The van der Waals surface area contributed by atoms with Crippen LogP contribution in [0.25, 0.3) is 10.9 Å². The van der Waals surface area contributed by atoms with Gasteiger partial charge in [0.2, 0.25) is 5.91 Å². The topological polar surface area (TPSA) is 64.8 Å². The van der Waals surface area contributed by atoms with Gasteiger partial charge in [0.05, 0.1) is 20.4 Å². The van der Waals surface area contributed by atoms with Gasteiger partial charge >= 0.3 is 0 Å². The van der Waals surface area contributed by atoms with Crippen LogP contribution in [0.1, 0.15) is 23.1 Å². The smallest absolute Gasteiger partial charge is 0.241 e. The summed E-state index contributed by atoms with van der Waals surface area (Å²) in [5.41, 5.74) is 7.01. The SMILES string of the molecule is COc1ccc(C=NNC(=O)CCn2cc(C)c3c(C)cccc32)cc1OC. The van der Waals surface area contributed by atoms with E-state index in [2.05, 4.69) is 47.3 Å². The van der Waals surface area contributed by atoms with Gasteiger partial charge in [-0.25, -0.2) is 5.43 Å². The number of benzene rings is 2. The van der Waals surface area contributed by atoms with E-state index in [-0.39, 0.29) is 5.91 Å². The van der Waals surface area contributed by atoms with Gasteiger partial charge in [-0.3, -0.25) is 4.79 Å². The van der Waals surface area contributed by atoms with Crippen molar-refractivity contribution >= 4 is 23.0 Å². The maximum absolute atomic E-state index is 12.2. The summed E-state index contributed by atoms with van der Waals surface area (Å²) in [6.07, 6.45) is 4.02. The van der Waals surface area contributed by atoms with Crippen LogP contribution in [0.4, 0.5) is 0 Å². The number of ether oxygens (including phenoxy) is 2. The Balaban J connectivity index is 1.60. The lowest BCUT2D eigenvalue weighted by atomic mass is 10.1. The summed E-state index contributed by atoms with van der Waals surface area (Å²) in [6.45, 7) is 4.81. The van der Waals surface area contributed by atoms with Crippen LogP contribution < -0.4 is 14.9 Å². The van der Waals surface area contributed by atoms with Gasteiger partial charge < -0.3 is 14.0 Å². The van der Waals surface area contributed by atoms with E-state index < -0.39 is 0 Å². The Morgan fingerprint density at radius 3 is 2.64 bits per heavy atom. The first-order valence-electron chi connectivity index (χ1n) is 9.12. The van der Waals surface area contributed by atoms with Gasteiger partial charge in [-0.15, -0.1) is 0 Å². The monoisotopic (exact) mass is 379 g/mol. The van der Waals surface area contributed by atoms with Crippen LogP contribution in [0.5, 0.6) is 11.5 Å². The Kier molecular flexibility index (Phi) is 5.99. The molecule has 28 heavy (non-hydrogen) atoms. The van der Waals surface area contributed by atoms with Crippen LogP contribution in [0.2, 0.25) is 0 Å². The first kappa shape index (κ1) is 19.5. The molecule has 0 spiro atoms. The zero-order valence-electron chi connectivity index (χ0n) is 16.7. The van der Waals surface area contributed by atoms with Gasteiger partial charge in [0.1, 0.15) is 0 Å². The highest BCUT2D eigenvalue weighted by molar-refractivity contribution is 5.87. The van der Waals surface area contributed by atoms with E-state index in [9.17, 15) is 4.79 Å². The number of aromatic nitrogens is 1. The summed E-state index contributed by atoms with van der Waals surface area (Å²) in [7, 11) is 3.16. The quantitative estimate of drug-likeness (QED) is 0.501. The number of hydrogen-bond donors (Lipinski definition) is 1. The second kappa shape index (κ2) is 8.61. The van der Waals surface area contributed by atoms with Gasteiger partial charge in [0.15, 0.2) is 11.5 Å². The van der Waals surface area contributed by atoms with Crippen LogP contribution >= 0.6 is 0 Å². The molecule has 0 aliphatic heterocycles. The van der Waals surface area contributed by atoms with Gasteiger partial charge in [-0.1, -0.05) is 12.1 Å². The molecule has 3 aromatic rings. The van der Waals surface area contributed by atoms with Crippen molar-refractivity contribution in [2.24, 2.45) is 5.10 Å². The molecule has 1 amide bonds. The summed E-state index contributed by atoms with van der Waals surface area (Å²) in [5.74, 6) is 1.12. The average Bonchev–Trinajstić information content (AvgIpc) is 3.03.